The number of aromatic nitrogens is 2. The van der Waals surface area contributed by atoms with Gasteiger partial charge >= 0.3 is 0 Å². The predicted octanol–water partition coefficient (Wildman–Crippen LogP) is 2.64. The summed E-state index contributed by atoms with van der Waals surface area (Å²) >= 11 is 5.74. The molecule has 90 valence electrons. The van der Waals surface area contributed by atoms with Crippen LogP contribution in [0.5, 0.6) is 0 Å². The third-order valence-electron chi connectivity index (χ3n) is 2.50. The number of rotatable bonds is 3. The van der Waals surface area contributed by atoms with Crippen molar-refractivity contribution in [1.29, 1.82) is 5.26 Å². The molecule has 18 heavy (non-hydrogen) atoms. The van der Waals surface area contributed by atoms with Gasteiger partial charge in [-0.3, -0.25) is 0 Å². The number of nitrogens with zero attached hydrogens (tertiary/aromatic N) is 4. The lowest BCUT2D eigenvalue weighted by atomic mass is 10.2. The van der Waals surface area contributed by atoms with Gasteiger partial charge in [-0.2, -0.15) is 5.26 Å². The van der Waals surface area contributed by atoms with Gasteiger partial charge in [-0.05, 0) is 35.9 Å². The molecule has 1 heterocycles. The van der Waals surface area contributed by atoms with E-state index in [1.807, 2.05) is 36.2 Å². The molecule has 0 aliphatic carbocycles. The summed E-state index contributed by atoms with van der Waals surface area (Å²) in [4.78, 5) is 9.97. The molecule has 1 aromatic carbocycles. The van der Waals surface area contributed by atoms with Gasteiger partial charge in [0.15, 0.2) is 0 Å². The number of benzene rings is 1. The van der Waals surface area contributed by atoms with Crippen molar-refractivity contribution < 1.29 is 0 Å². The lowest BCUT2D eigenvalue weighted by Gasteiger charge is -2.18. The van der Waals surface area contributed by atoms with E-state index in [-0.39, 0.29) is 5.28 Å². The van der Waals surface area contributed by atoms with E-state index in [2.05, 4.69) is 16.0 Å². The highest BCUT2D eigenvalue weighted by atomic mass is 35.5. The lowest BCUT2D eigenvalue weighted by molar-refractivity contribution is 0.875. The first-order valence-electron chi connectivity index (χ1n) is 5.38. The van der Waals surface area contributed by atoms with Crippen molar-refractivity contribution in [3.8, 4) is 6.07 Å². The zero-order valence-electron chi connectivity index (χ0n) is 9.84. The third-order valence-corrected chi connectivity index (χ3v) is 2.68. The van der Waals surface area contributed by atoms with E-state index in [9.17, 15) is 0 Å². The second kappa shape index (κ2) is 5.48. The molecule has 2 rings (SSSR count). The average molecular weight is 259 g/mol. The van der Waals surface area contributed by atoms with Crippen LogP contribution in [0.2, 0.25) is 5.28 Å². The Balaban J connectivity index is 2.17. The van der Waals surface area contributed by atoms with Gasteiger partial charge < -0.3 is 4.90 Å². The molecule has 0 unspecified atom stereocenters. The fourth-order valence-corrected chi connectivity index (χ4v) is 1.77. The number of nitriles is 1. The van der Waals surface area contributed by atoms with Gasteiger partial charge in [0.25, 0.3) is 0 Å². The van der Waals surface area contributed by atoms with Crippen LogP contribution in [0.1, 0.15) is 11.3 Å². The molecule has 0 spiro atoms. The fraction of sp³-hybridized carbons (Fsp3) is 0.154. The minimum Gasteiger partial charge on any atom is -0.369 e. The van der Waals surface area contributed by atoms with Crippen LogP contribution in [0.25, 0.3) is 0 Å². The SMILES string of the molecule is CN(Cc1ccnc(Cl)n1)c1cccc(C#N)c1. The molecular formula is C13H11ClN4. The topological polar surface area (TPSA) is 52.8 Å². The molecule has 0 amide bonds. The summed E-state index contributed by atoms with van der Waals surface area (Å²) in [5, 5.41) is 9.11. The summed E-state index contributed by atoms with van der Waals surface area (Å²) in [5.41, 5.74) is 2.43. The molecule has 4 nitrogen and oxygen atoms in total. The predicted molar refractivity (Wildman–Crippen MR) is 70.3 cm³/mol. The Morgan fingerprint density at radius 2 is 2.22 bits per heavy atom. The van der Waals surface area contributed by atoms with Gasteiger partial charge in [-0.1, -0.05) is 6.07 Å². The highest BCUT2D eigenvalue weighted by Crippen LogP contribution is 2.16. The molecule has 5 heteroatoms. The van der Waals surface area contributed by atoms with Crippen LogP contribution in [0, 0.1) is 11.3 Å². The van der Waals surface area contributed by atoms with E-state index >= 15 is 0 Å². The third kappa shape index (κ3) is 2.96. The first kappa shape index (κ1) is 12.3. The lowest BCUT2D eigenvalue weighted by Crippen LogP contribution is -2.17. The van der Waals surface area contributed by atoms with Gasteiger partial charge in [0.2, 0.25) is 5.28 Å². The van der Waals surface area contributed by atoms with Crippen molar-refractivity contribution in [2.45, 2.75) is 6.54 Å². The van der Waals surface area contributed by atoms with Gasteiger partial charge in [0, 0.05) is 18.9 Å². The Morgan fingerprint density at radius 1 is 1.39 bits per heavy atom. The quantitative estimate of drug-likeness (QED) is 0.794. The van der Waals surface area contributed by atoms with E-state index in [0.29, 0.717) is 12.1 Å². The Bertz CT molecular complexity index is 592. The largest absolute Gasteiger partial charge is 0.369 e. The first-order chi connectivity index (χ1) is 8.69. The minimum atomic E-state index is 0.242. The van der Waals surface area contributed by atoms with Gasteiger partial charge in [0.05, 0.1) is 23.9 Å². The van der Waals surface area contributed by atoms with E-state index in [1.165, 1.54) is 0 Å². The fourth-order valence-electron chi connectivity index (χ4n) is 1.60. The van der Waals surface area contributed by atoms with Crippen molar-refractivity contribution in [2.24, 2.45) is 0 Å². The summed E-state index contributed by atoms with van der Waals surface area (Å²) in [5.74, 6) is 0. The second-order valence-corrected chi connectivity index (χ2v) is 4.17. The average Bonchev–Trinajstić information content (AvgIpc) is 2.39. The van der Waals surface area contributed by atoms with Crippen molar-refractivity contribution in [1.82, 2.24) is 9.97 Å². The number of hydrogen-bond donors (Lipinski definition) is 0. The standard InChI is InChI=1S/C13H11ClN4/c1-18(9-11-5-6-16-13(14)17-11)12-4-2-3-10(7-12)8-15/h2-7H,9H2,1H3. The maximum absolute atomic E-state index is 8.86. The summed E-state index contributed by atoms with van der Waals surface area (Å²) < 4.78 is 0. The summed E-state index contributed by atoms with van der Waals surface area (Å²) in [7, 11) is 1.94. The summed E-state index contributed by atoms with van der Waals surface area (Å²) in [6, 6.07) is 11.4. The molecular weight excluding hydrogens is 248 g/mol. The highest BCUT2D eigenvalue weighted by Gasteiger charge is 2.04. The number of hydrogen-bond acceptors (Lipinski definition) is 4. The van der Waals surface area contributed by atoms with Crippen LogP contribution in [0.3, 0.4) is 0 Å². The van der Waals surface area contributed by atoms with Crippen LogP contribution >= 0.6 is 11.6 Å². The Kier molecular flexibility index (Phi) is 3.75. The summed E-state index contributed by atoms with van der Waals surface area (Å²) in [6.45, 7) is 0.608. The van der Waals surface area contributed by atoms with E-state index in [4.69, 9.17) is 16.9 Å². The van der Waals surface area contributed by atoms with Crippen LogP contribution in [0.4, 0.5) is 5.69 Å². The van der Waals surface area contributed by atoms with Gasteiger partial charge in [0.1, 0.15) is 0 Å². The van der Waals surface area contributed by atoms with Crippen molar-refractivity contribution in [3.05, 3.63) is 53.1 Å². The van der Waals surface area contributed by atoms with E-state index in [0.717, 1.165) is 11.4 Å². The van der Waals surface area contributed by atoms with Crippen molar-refractivity contribution >= 4 is 17.3 Å². The second-order valence-electron chi connectivity index (χ2n) is 3.84. The molecule has 0 N–H and O–H groups in total. The van der Waals surface area contributed by atoms with Crippen LogP contribution in [-0.4, -0.2) is 17.0 Å². The van der Waals surface area contributed by atoms with Crippen LogP contribution < -0.4 is 4.90 Å². The Labute approximate surface area is 110 Å². The molecule has 0 bridgehead atoms. The zero-order valence-corrected chi connectivity index (χ0v) is 10.6. The van der Waals surface area contributed by atoms with E-state index < -0.39 is 0 Å². The first-order valence-corrected chi connectivity index (χ1v) is 5.75. The van der Waals surface area contributed by atoms with Gasteiger partial charge in [-0.15, -0.1) is 0 Å². The zero-order chi connectivity index (χ0) is 13.0. The van der Waals surface area contributed by atoms with Crippen molar-refractivity contribution in [3.63, 3.8) is 0 Å². The monoisotopic (exact) mass is 258 g/mol. The molecule has 1 aromatic heterocycles. The molecule has 0 aliphatic rings. The Hall–Kier alpha value is -2.12. The van der Waals surface area contributed by atoms with Crippen molar-refractivity contribution in [2.75, 3.05) is 11.9 Å². The maximum Gasteiger partial charge on any atom is 0.222 e. The van der Waals surface area contributed by atoms with Gasteiger partial charge in [-0.25, -0.2) is 9.97 Å². The molecule has 0 saturated heterocycles. The molecule has 0 aliphatic heterocycles. The minimum absolute atomic E-state index is 0.242. The van der Waals surface area contributed by atoms with E-state index in [1.54, 1.807) is 12.3 Å². The Morgan fingerprint density at radius 3 is 2.94 bits per heavy atom. The molecule has 0 atom stereocenters. The molecule has 0 saturated carbocycles. The van der Waals surface area contributed by atoms with Crippen LogP contribution in [-0.2, 0) is 6.54 Å². The highest BCUT2D eigenvalue weighted by molar-refractivity contribution is 6.28. The van der Waals surface area contributed by atoms with Crippen LogP contribution in [0.15, 0.2) is 36.5 Å². The normalized spacial score (nSPS) is 9.83. The number of halogens is 1. The maximum atomic E-state index is 8.86. The number of anilines is 1. The molecule has 0 radical (unpaired) electrons. The molecule has 0 fully saturated rings. The smallest absolute Gasteiger partial charge is 0.222 e. The summed E-state index contributed by atoms with van der Waals surface area (Å²) in [6.07, 6.45) is 1.63. The molecule has 2 aromatic rings.